The monoisotopic (exact) mass is 187 g/mol. The number of aryl methyl sites for hydroxylation is 1. The van der Waals surface area contributed by atoms with Crippen LogP contribution in [0, 0.1) is 12.3 Å². The zero-order valence-corrected chi connectivity index (χ0v) is 8.88. The normalized spacial score (nSPS) is 11.8. The van der Waals surface area contributed by atoms with Crippen molar-refractivity contribution >= 4 is 5.69 Å². The van der Waals surface area contributed by atoms with E-state index in [9.17, 15) is 0 Å². The van der Waals surface area contributed by atoms with Crippen molar-refractivity contribution in [1.82, 2.24) is 0 Å². The molecule has 0 aliphatic rings. The summed E-state index contributed by atoms with van der Waals surface area (Å²) >= 11 is 0. The van der Waals surface area contributed by atoms with Crippen LogP contribution in [0.5, 0.6) is 0 Å². The molecule has 1 aromatic carbocycles. The Morgan fingerprint density at radius 1 is 1.29 bits per heavy atom. The Morgan fingerprint density at radius 2 is 1.93 bits per heavy atom. The predicted octanol–water partition coefficient (Wildman–Crippen LogP) is 3.07. The van der Waals surface area contributed by atoms with Gasteiger partial charge in [0.05, 0.1) is 6.04 Å². The maximum Gasteiger partial charge on any atom is 0.0871 e. The first-order valence-electron chi connectivity index (χ1n) is 5.11. The molecule has 1 aromatic rings. The van der Waals surface area contributed by atoms with E-state index in [-0.39, 0.29) is 6.04 Å². The third kappa shape index (κ3) is 2.81. The Morgan fingerprint density at radius 3 is 2.36 bits per heavy atom. The third-order valence-corrected chi connectivity index (χ3v) is 2.31. The lowest BCUT2D eigenvalue weighted by atomic mass is 10.1. The van der Waals surface area contributed by atoms with Gasteiger partial charge in [-0.25, -0.2) is 0 Å². The third-order valence-electron chi connectivity index (χ3n) is 2.31. The van der Waals surface area contributed by atoms with Crippen molar-refractivity contribution in [3.63, 3.8) is 0 Å². The Hall–Kier alpha value is -1.42. The summed E-state index contributed by atoms with van der Waals surface area (Å²) in [5.41, 5.74) is 2.45. The first kappa shape index (κ1) is 10.7. The van der Waals surface area contributed by atoms with Crippen LogP contribution < -0.4 is 5.32 Å². The summed E-state index contributed by atoms with van der Waals surface area (Å²) in [7, 11) is 0. The minimum absolute atomic E-state index is 0.141. The molecule has 74 valence electrons. The van der Waals surface area contributed by atoms with E-state index in [4.69, 9.17) is 6.42 Å². The molecule has 1 unspecified atom stereocenters. The van der Waals surface area contributed by atoms with Gasteiger partial charge in [0.15, 0.2) is 0 Å². The topological polar surface area (TPSA) is 12.0 Å². The summed E-state index contributed by atoms with van der Waals surface area (Å²) in [5.74, 6) is 2.72. The molecule has 0 radical (unpaired) electrons. The Labute approximate surface area is 86.5 Å². The van der Waals surface area contributed by atoms with Gasteiger partial charge in [0.25, 0.3) is 0 Å². The van der Waals surface area contributed by atoms with E-state index in [1.807, 2.05) is 0 Å². The molecule has 0 aromatic heterocycles. The summed E-state index contributed by atoms with van der Waals surface area (Å²) in [6.45, 7) is 4.23. The van der Waals surface area contributed by atoms with E-state index in [1.165, 1.54) is 5.56 Å². The van der Waals surface area contributed by atoms with Crippen LogP contribution in [0.25, 0.3) is 0 Å². The second kappa shape index (κ2) is 5.34. The highest BCUT2D eigenvalue weighted by Gasteiger charge is 2.00. The highest BCUT2D eigenvalue weighted by atomic mass is 14.9. The molecule has 0 heterocycles. The summed E-state index contributed by atoms with van der Waals surface area (Å²) in [6.07, 6.45) is 7.40. The van der Waals surface area contributed by atoms with Gasteiger partial charge in [-0.2, -0.15) is 0 Å². The molecule has 1 N–H and O–H groups in total. The quantitative estimate of drug-likeness (QED) is 0.714. The van der Waals surface area contributed by atoms with Crippen LogP contribution in [0.4, 0.5) is 5.69 Å². The molecular formula is C13H17N. The molecule has 1 heteroatoms. The van der Waals surface area contributed by atoms with Gasteiger partial charge in [-0.3, -0.25) is 0 Å². The van der Waals surface area contributed by atoms with Gasteiger partial charge in [0, 0.05) is 5.69 Å². The summed E-state index contributed by atoms with van der Waals surface area (Å²) in [4.78, 5) is 0. The molecule has 0 saturated heterocycles. The average molecular weight is 187 g/mol. The van der Waals surface area contributed by atoms with Crippen LogP contribution in [-0.2, 0) is 6.42 Å². The van der Waals surface area contributed by atoms with Gasteiger partial charge in [0.1, 0.15) is 0 Å². The summed E-state index contributed by atoms with van der Waals surface area (Å²) in [5, 5.41) is 3.29. The van der Waals surface area contributed by atoms with Gasteiger partial charge >= 0.3 is 0 Å². The fourth-order valence-electron chi connectivity index (χ4n) is 1.30. The molecule has 0 aliphatic carbocycles. The minimum Gasteiger partial charge on any atom is -0.372 e. The van der Waals surface area contributed by atoms with Gasteiger partial charge < -0.3 is 5.32 Å². The highest BCUT2D eigenvalue weighted by Crippen LogP contribution is 2.11. The van der Waals surface area contributed by atoms with E-state index in [0.717, 1.165) is 18.5 Å². The van der Waals surface area contributed by atoms with E-state index >= 15 is 0 Å². The summed E-state index contributed by atoms with van der Waals surface area (Å²) in [6, 6.07) is 8.57. The fraction of sp³-hybridized carbons (Fsp3) is 0.385. The zero-order chi connectivity index (χ0) is 10.4. The van der Waals surface area contributed by atoms with Crippen LogP contribution in [0.15, 0.2) is 24.3 Å². The number of benzene rings is 1. The van der Waals surface area contributed by atoms with E-state index in [1.54, 1.807) is 0 Å². The number of anilines is 1. The van der Waals surface area contributed by atoms with Gasteiger partial charge in [-0.15, -0.1) is 6.42 Å². The lowest BCUT2D eigenvalue weighted by Gasteiger charge is -2.12. The second-order valence-corrected chi connectivity index (χ2v) is 3.32. The molecule has 0 amide bonds. The number of hydrogen-bond acceptors (Lipinski definition) is 1. The minimum atomic E-state index is 0.141. The van der Waals surface area contributed by atoms with Crippen molar-refractivity contribution in [1.29, 1.82) is 0 Å². The average Bonchev–Trinajstić information content (AvgIpc) is 2.26. The van der Waals surface area contributed by atoms with E-state index in [0.29, 0.717) is 0 Å². The lowest BCUT2D eigenvalue weighted by molar-refractivity contribution is 0.857. The lowest BCUT2D eigenvalue weighted by Crippen LogP contribution is -2.15. The van der Waals surface area contributed by atoms with Crippen molar-refractivity contribution < 1.29 is 0 Å². The zero-order valence-electron chi connectivity index (χ0n) is 8.88. The Balaban J connectivity index is 2.64. The Bertz CT molecular complexity index is 305. The predicted molar refractivity (Wildman–Crippen MR) is 62.4 cm³/mol. The highest BCUT2D eigenvalue weighted by molar-refractivity contribution is 5.46. The number of rotatable bonds is 4. The molecule has 0 fully saturated rings. The van der Waals surface area contributed by atoms with Crippen molar-refractivity contribution in [2.45, 2.75) is 32.7 Å². The van der Waals surface area contributed by atoms with Gasteiger partial charge in [0.2, 0.25) is 0 Å². The fourth-order valence-corrected chi connectivity index (χ4v) is 1.30. The molecule has 0 bridgehead atoms. The van der Waals surface area contributed by atoms with Crippen molar-refractivity contribution in [3.8, 4) is 12.3 Å². The first-order valence-corrected chi connectivity index (χ1v) is 5.11. The van der Waals surface area contributed by atoms with Crippen molar-refractivity contribution in [3.05, 3.63) is 29.8 Å². The first-order chi connectivity index (χ1) is 6.80. The molecular weight excluding hydrogens is 170 g/mol. The van der Waals surface area contributed by atoms with E-state index in [2.05, 4.69) is 49.4 Å². The largest absolute Gasteiger partial charge is 0.372 e. The van der Waals surface area contributed by atoms with Crippen LogP contribution >= 0.6 is 0 Å². The maximum atomic E-state index is 5.37. The van der Waals surface area contributed by atoms with Crippen molar-refractivity contribution in [2.75, 3.05) is 5.32 Å². The number of hydrogen-bond donors (Lipinski definition) is 1. The molecule has 14 heavy (non-hydrogen) atoms. The van der Waals surface area contributed by atoms with Gasteiger partial charge in [-0.05, 0) is 30.5 Å². The van der Waals surface area contributed by atoms with Gasteiger partial charge in [-0.1, -0.05) is 31.9 Å². The molecule has 1 nitrogen and oxygen atoms in total. The SMILES string of the molecule is C#CC(CC)Nc1ccc(CC)cc1. The molecule has 1 atom stereocenters. The molecule has 1 rings (SSSR count). The smallest absolute Gasteiger partial charge is 0.0871 e. The maximum absolute atomic E-state index is 5.37. The van der Waals surface area contributed by atoms with Crippen LogP contribution in [-0.4, -0.2) is 6.04 Å². The van der Waals surface area contributed by atoms with E-state index < -0.39 is 0 Å². The molecule has 0 spiro atoms. The Kier molecular flexibility index (Phi) is 4.07. The van der Waals surface area contributed by atoms with Crippen LogP contribution in [0.2, 0.25) is 0 Å². The van der Waals surface area contributed by atoms with Crippen LogP contribution in [0.1, 0.15) is 25.8 Å². The number of terminal acetylenes is 1. The van der Waals surface area contributed by atoms with Crippen molar-refractivity contribution in [2.24, 2.45) is 0 Å². The molecule has 0 aliphatic heterocycles. The number of nitrogens with one attached hydrogen (secondary N) is 1. The van der Waals surface area contributed by atoms with Crippen LogP contribution in [0.3, 0.4) is 0 Å². The second-order valence-electron chi connectivity index (χ2n) is 3.32. The summed E-state index contributed by atoms with van der Waals surface area (Å²) < 4.78 is 0. The standard InChI is InChI=1S/C13H17N/c1-4-11-7-9-13(10-8-11)14-12(5-2)6-3/h2,7-10,12,14H,4,6H2,1,3H3. The molecule has 0 saturated carbocycles.